The molecule has 5 rings (SSSR count). The van der Waals surface area contributed by atoms with Crippen molar-refractivity contribution >= 4 is 38.2 Å². The number of hydrogen-bond donors (Lipinski definition) is 1. The first-order valence-electron chi connectivity index (χ1n) is 9.82. The fourth-order valence-corrected chi connectivity index (χ4v) is 5.53. The molecule has 0 spiro atoms. The lowest BCUT2D eigenvalue weighted by atomic mass is 9.92. The van der Waals surface area contributed by atoms with Gasteiger partial charge in [0.15, 0.2) is 5.82 Å². The van der Waals surface area contributed by atoms with Crippen molar-refractivity contribution in [3.05, 3.63) is 52.4 Å². The molecule has 1 aliphatic heterocycles. The molecular formula is C21H20ClFN6O2S. The monoisotopic (exact) mass is 474 g/mol. The van der Waals surface area contributed by atoms with Gasteiger partial charge in [0.1, 0.15) is 11.6 Å². The highest BCUT2D eigenvalue weighted by Crippen LogP contribution is 2.46. The van der Waals surface area contributed by atoms with Gasteiger partial charge in [0.2, 0.25) is 0 Å². The van der Waals surface area contributed by atoms with E-state index in [9.17, 15) is 12.8 Å². The van der Waals surface area contributed by atoms with E-state index in [2.05, 4.69) is 20.6 Å². The Kier molecular flexibility index (Phi) is 4.26. The number of nitrogens with one attached hydrogen (secondary N) is 1. The van der Waals surface area contributed by atoms with E-state index in [-0.39, 0.29) is 5.52 Å². The van der Waals surface area contributed by atoms with Crippen molar-refractivity contribution < 1.29 is 12.8 Å². The third kappa shape index (κ3) is 2.86. The van der Waals surface area contributed by atoms with Crippen molar-refractivity contribution in [2.45, 2.75) is 33.2 Å². The average Bonchev–Trinajstić information content (AvgIpc) is 3.25. The van der Waals surface area contributed by atoms with E-state index in [1.165, 1.54) is 12.3 Å². The standard InChI is InChI=1S/C21H20ClFN6O2S/c1-10-18(13-6-12(23)7-17-14(13)9-24-29(17)32(5,30)31)15(22)8-16-19(10)28-11(2)26-27-20(28)21(3,4)25-16/h6-9,25H,1-5H3. The smallest absolute Gasteiger partial charge is 0.251 e. The number of rotatable bonds is 2. The highest BCUT2D eigenvalue weighted by atomic mass is 35.5. The molecule has 0 fully saturated rings. The maximum atomic E-state index is 14.7. The number of aryl methyl sites for hydroxylation is 1. The number of anilines is 1. The summed E-state index contributed by atoms with van der Waals surface area (Å²) >= 11 is 6.74. The summed E-state index contributed by atoms with van der Waals surface area (Å²) in [7, 11) is -3.71. The lowest BCUT2D eigenvalue weighted by molar-refractivity contribution is 0.535. The van der Waals surface area contributed by atoms with Gasteiger partial charge in [-0.15, -0.1) is 10.2 Å². The summed E-state index contributed by atoms with van der Waals surface area (Å²) in [6, 6.07) is 4.29. The quantitative estimate of drug-likeness (QED) is 0.468. The van der Waals surface area contributed by atoms with E-state index < -0.39 is 21.4 Å². The number of benzene rings is 2. The normalized spacial score (nSPS) is 14.8. The Morgan fingerprint density at radius 2 is 1.88 bits per heavy atom. The molecule has 32 heavy (non-hydrogen) atoms. The second kappa shape index (κ2) is 6.52. The largest absolute Gasteiger partial charge is 0.371 e. The minimum absolute atomic E-state index is 0.149. The summed E-state index contributed by atoms with van der Waals surface area (Å²) in [6.45, 7) is 7.76. The van der Waals surface area contributed by atoms with Crippen LogP contribution in [0, 0.1) is 19.7 Å². The van der Waals surface area contributed by atoms with Crippen LogP contribution in [0.2, 0.25) is 5.02 Å². The number of hydrogen-bond acceptors (Lipinski definition) is 6. The molecule has 0 saturated heterocycles. The SMILES string of the molecule is Cc1c(-c2cc(F)cc3c2cnn3S(C)(=O)=O)c(Cl)cc2c1-n1c(C)nnc1C(C)(C)N2. The van der Waals surface area contributed by atoms with Gasteiger partial charge in [-0.3, -0.25) is 4.57 Å². The Morgan fingerprint density at radius 1 is 1.16 bits per heavy atom. The van der Waals surface area contributed by atoms with Crippen LogP contribution >= 0.6 is 11.6 Å². The van der Waals surface area contributed by atoms with E-state index in [1.807, 2.05) is 32.3 Å². The Hall–Kier alpha value is -2.98. The molecule has 11 heteroatoms. The average molecular weight is 475 g/mol. The van der Waals surface area contributed by atoms with Gasteiger partial charge >= 0.3 is 0 Å². The van der Waals surface area contributed by atoms with Crippen LogP contribution in [0.4, 0.5) is 10.1 Å². The fourth-order valence-electron chi connectivity index (χ4n) is 4.45. The van der Waals surface area contributed by atoms with E-state index in [0.29, 0.717) is 27.4 Å². The molecule has 0 bridgehead atoms. The highest BCUT2D eigenvalue weighted by Gasteiger charge is 2.36. The first kappa shape index (κ1) is 20.9. The molecule has 8 nitrogen and oxygen atoms in total. The lowest BCUT2D eigenvalue weighted by Gasteiger charge is -2.35. The predicted molar refractivity (Wildman–Crippen MR) is 121 cm³/mol. The first-order chi connectivity index (χ1) is 14.9. The van der Waals surface area contributed by atoms with Gasteiger partial charge in [0.25, 0.3) is 10.0 Å². The molecule has 3 heterocycles. The van der Waals surface area contributed by atoms with Crippen LogP contribution in [0.3, 0.4) is 0 Å². The Morgan fingerprint density at radius 3 is 2.56 bits per heavy atom. The van der Waals surface area contributed by atoms with Crippen LogP contribution in [0.15, 0.2) is 24.4 Å². The summed E-state index contributed by atoms with van der Waals surface area (Å²) in [5.41, 5.74) is 3.11. The molecule has 0 unspecified atom stereocenters. The molecule has 0 atom stereocenters. The molecule has 2 aromatic heterocycles. The van der Waals surface area contributed by atoms with Crippen molar-refractivity contribution in [1.82, 2.24) is 24.0 Å². The van der Waals surface area contributed by atoms with Crippen LogP contribution in [0.25, 0.3) is 27.7 Å². The van der Waals surface area contributed by atoms with E-state index in [0.717, 1.165) is 39.2 Å². The third-order valence-electron chi connectivity index (χ3n) is 5.75. The zero-order valence-corrected chi connectivity index (χ0v) is 19.6. The second-order valence-corrected chi connectivity index (χ2v) is 10.8. The summed E-state index contributed by atoms with van der Waals surface area (Å²) in [4.78, 5) is 0. The molecule has 2 aromatic carbocycles. The van der Waals surface area contributed by atoms with Gasteiger partial charge in [0, 0.05) is 17.0 Å². The van der Waals surface area contributed by atoms with Crippen LogP contribution in [-0.2, 0) is 15.6 Å². The molecule has 1 N–H and O–H groups in total. The molecule has 4 aromatic rings. The maximum Gasteiger partial charge on any atom is 0.251 e. The number of nitrogens with zero attached hydrogens (tertiary/aromatic N) is 5. The maximum absolute atomic E-state index is 14.7. The minimum Gasteiger partial charge on any atom is -0.371 e. The van der Waals surface area contributed by atoms with Gasteiger partial charge in [0.05, 0.1) is 39.9 Å². The molecule has 0 saturated carbocycles. The van der Waals surface area contributed by atoms with E-state index in [4.69, 9.17) is 11.6 Å². The van der Waals surface area contributed by atoms with Crippen molar-refractivity contribution in [2.24, 2.45) is 0 Å². The molecule has 166 valence electrons. The number of fused-ring (bicyclic) bond motifs is 4. The molecule has 0 amide bonds. The van der Waals surface area contributed by atoms with E-state index >= 15 is 0 Å². The second-order valence-electron chi connectivity index (χ2n) is 8.55. The zero-order chi connectivity index (χ0) is 23.2. The minimum atomic E-state index is -3.71. The van der Waals surface area contributed by atoms with Crippen molar-refractivity contribution in [2.75, 3.05) is 11.6 Å². The Balaban J connectivity index is 1.87. The molecule has 0 radical (unpaired) electrons. The molecule has 1 aliphatic rings. The molecule has 0 aliphatic carbocycles. The third-order valence-corrected chi connectivity index (χ3v) is 6.97. The Bertz CT molecular complexity index is 1550. The topological polar surface area (TPSA) is 94.7 Å². The summed E-state index contributed by atoms with van der Waals surface area (Å²) in [5, 5.41) is 16.9. The number of aromatic nitrogens is 5. The van der Waals surface area contributed by atoms with Gasteiger partial charge in [-0.1, -0.05) is 11.6 Å². The zero-order valence-electron chi connectivity index (χ0n) is 18.0. The summed E-state index contributed by atoms with van der Waals surface area (Å²) in [5.74, 6) is 0.862. The van der Waals surface area contributed by atoms with Crippen molar-refractivity contribution in [3.63, 3.8) is 0 Å². The summed E-state index contributed by atoms with van der Waals surface area (Å²) in [6.07, 6.45) is 2.43. The van der Waals surface area contributed by atoms with Crippen molar-refractivity contribution in [3.8, 4) is 16.8 Å². The highest BCUT2D eigenvalue weighted by molar-refractivity contribution is 7.89. The fraction of sp³-hybridized carbons (Fsp3) is 0.286. The lowest BCUT2D eigenvalue weighted by Crippen LogP contribution is -2.36. The van der Waals surface area contributed by atoms with Gasteiger partial charge in [-0.25, -0.2) is 12.8 Å². The van der Waals surface area contributed by atoms with Crippen LogP contribution < -0.4 is 5.32 Å². The van der Waals surface area contributed by atoms with Crippen LogP contribution in [0.1, 0.15) is 31.1 Å². The first-order valence-corrected chi connectivity index (χ1v) is 12.0. The molecular weight excluding hydrogens is 455 g/mol. The van der Waals surface area contributed by atoms with Crippen LogP contribution in [0.5, 0.6) is 0 Å². The van der Waals surface area contributed by atoms with Crippen LogP contribution in [-0.4, -0.2) is 38.6 Å². The van der Waals surface area contributed by atoms with Gasteiger partial charge < -0.3 is 5.32 Å². The van der Waals surface area contributed by atoms with E-state index in [1.54, 1.807) is 6.07 Å². The number of halogens is 2. The summed E-state index contributed by atoms with van der Waals surface area (Å²) < 4.78 is 41.7. The van der Waals surface area contributed by atoms with Gasteiger partial charge in [-0.05, 0) is 51.0 Å². The van der Waals surface area contributed by atoms with Gasteiger partial charge in [-0.2, -0.15) is 9.19 Å². The van der Waals surface area contributed by atoms with Crippen molar-refractivity contribution in [1.29, 1.82) is 0 Å². The Labute approximate surface area is 189 Å². The predicted octanol–water partition coefficient (Wildman–Crippen LogP) is 4.16.